The standard InChI is InChI=1S/C33H33NO3.BrH/c35-33(29-16-8-3-9-17-29)23-34(30-20-32(21-30)37-25-27-13-6-2-7-14-27)22-28-15-10-18-31(19-28)36-24-26-11-4-1-5-12-26;/h1-19,30,32H,20-25H2;1H. The maximum absolute atomic E-state index is 13.1. The lowest BCUT2D eigenvalue weighted by atomic mass is 9.87. The number of ketones is 1. The zero-order chi connectivity index (χ0) is 25.3. The fourth-order valence-electron chi connectivity index (χ4n) is 4.68. The number of halogens is 1. The number of Topliss-reactive ketones (excluding diaryl/α,β-unsaturated/α-hetero) is 1. The molecule has 4 aromatic carbocycles. The predicted molar refractivity (Wildman–Crippen MR) is 157 cm³/mol. The van der Waals surface area contributed by atoms with Gasteiger partial charge in [-0.1, -0.05) is 103 Å². The minimum absolute atomic E-state index is 0. The highest BCUT2D eigenvalue weighted by Gasteiger charge is 2.35. The van der Waals surface area contributed by atoms with E-state index >= 15 is 0 Å². The number of benzene rings is 4. The molecule has 4 nitrogen and oxygen atoms in total. The Morgan fingerprint density at radius 3 is 1.95 bits per heavy atom. The second-order valence-electron chi connectivity index (χ2n) is 9.66. The van der Waals surface area contributed by atoms with Crippen LogP contribution in [0.2, 0.25) is 0 Å². The van der Waals surface area contributed by atoms with E-state index in [0.29, 0.717) is 32.3 Å². The van der Waals surface area contributed by atoms with Crippen LogP contribution in [-0.4, -0.2) is 29.4 Å². The summed E-state index contributed by atoms with van der Waals surface area (Å²) in [6, 6.07) is 38.5. The normalized spacial score (nSPS) is 16.3. The number of hydrogen-bond acceptors (Lipinski definition) is 4. The smallest absolute Gasteiger partial charge is 0.176 e. The molecule has 196 valence electrons. The predicted octanol–water partition coefficient (Wildman–Crippen LogP) is 7.28. The van der Waals surface area contributed by atoms with Crippen LogP contribution in [0.4, 0.5) is 0 Å². The summed E-state index contributed by atoms with van der Waals surface area (Å²) in [5.74, 6) is 0.985. The highest BCUT2D eigenvalue weighted by atomic mass is 79.9. The zero-order valence-corrected chi connectivity index (χ0v) is 23.2. The first-order valence-corrected chi connectivity index (χ1v) is 13.0. The van der Waals surface area contributed by atoms with Crippen LogP contribution in [0.1, 0.15) is 39.9 Å². The van der Waals surface area contributed by atoms with Crippen LogP contribution in [0.25, 0.3) is 0 Å². The molecule has 0 saturated heterocycles. The monoisotopic (exact) mass is 571 g/mol. The van der Waals surface area contributed by atoms with E-state index in [1.54, 1.807) is 0 Å². The van der Waals surface area contributed by atoms with Crippen molar-refractivity contribution in [2.24, 2.45) is 0 Å². The summed E-state index contributed by atoms with van der Waals surface area (Å²) in [7, 11) is 0. The number of hydrogen-bond donors (Lipinski definition) is 0. The Labute approximate surface area is 236 Å². The molecule has 1 aliphatic carbocycles. The Morgan fingerprint density at radius 1 is 0.711 bits per heavy atom. The van der Waals surface area contributed by atoms with Crippen molar-refractivity contribution < 1.29 is 14.3 Å². The number of rotatable bonds is 12. The molecule has 4 aromatic rings. The van der Waals surface area contributed by atoms with Crippen LogP contribution in [0.15, 0.2) is 115 Å². The van der Waals surface area contributed by atoms with E-state index in [0.717, 1.165) is 35.3 Å². The van der Waals surface area contributed by atoms with Gasteiger partial charge in [0, 0.05) is 18.2 Å². The molecular formula is C33H34BrNO3. The van der Waals surface area contributed by atoms with Crippen LogP contribution in [0.5, 0.6) is 5.75 Å². The Kier molecular flexibility index (Phi) is 10.3. The van der Waals surface area contributed by atoms with Gasteiger partial charge in [0.2, 0.25) is 0 Å². The summed E-state index contributed by atoms with van der Waals surface area (Å²) in [6.07, 6.45) is 2.08. The van der Waals surface area contributed by atoms with E-state index in [4.69, 9.17) is 9.47 Å². The van der Waals surface area contributed by atoms with Crippen molar-refractivity contribution in [3.63, 3.8) is 0 Å². The van der Waals surface area contributed by atoms with Crippen molar-refractivity contribution in [1.82, 2.24) is 4.90 Å². The molecule has 38 heavy (non-hydrogen) atoms. The first-order valence-electron chi connectivity index (χ1n) is 13.0. The van der Waals surface area contributed by atoms with Crippen LogP contribution in [0.3, 0.4) is 0 Å². The molecule has 0 spiro atoms. The maximum atomic E-state index is 13.1. The lowest BCUT2D eigenvalue weighted by Crippen LogP contribution is -2.49. The molecule has 1 aliphatic rings. The summed E-state index contributed by atoms with van der Waals surface area (Å²) in [5.41, 5.74) is 4.22. The van der Waals surface area contributed by atoms with Crippen LogP contribution in [-0.2, 0) is 24.5 Å². The molecule has 0 heterocycles. The van der Waals surface area contributed by atoms with Gasteiger partial charge in [-0.25, -0.2) is 0 Å². The van der Waals surface area contributed by atoms with Crippen molar-refractivity contribution in [2.45, 2.75) is 44.7 Å². The highest BCUT2D eigenvalue weighted by molar-refractivity contribution is 8.93. The van der Waals surface area contributed by atoms with Crippen molar-refractivity contribution in [1.29, 1.82) is 0 Å². The second kappa shape index (κ2) is 14.1. The molecule has 0 N–H and O–H groups in total. The maximum Gasteiger partial charge on any atom is 0.176 e. The molecule has 0 atom stereocenters. The van der Waals surface area contributed by atoms with Gasteiger partial charge in [-0.3, -0.25) is 9.69 Å². The lowest BCUT2D eigenvalue weighted by molar-refractivity contribution is -0.0592. The summed E-state index contributed by atoms with van der Waals surface area (Å²) in [4.78, 5) is 15.4. The molecule has 5 heteroatoms. The Hall–Kier alpha value is -3.25. The SMILES string of the molecule is Br.O=C(CN(Cc1cccc(OCc2ccccc2)c1)C1CC(OCc2ccccc2)C1)c1ccccc1. The molecule has 0 amide bonds. The van der Waals surface area contributed by atoms with Gasteiger partial charge in [0.1, 0.15) is 12.4 Å². The number of carbonyl (C=O) groups excluding carboxylic acids is 1. The minimum Gasteiger partial charge on any atom is -0.489 e. The van der Waals surface area contributed by atoms with E-state index in [1.165, 1.54) is 5.56 Å². The van der Waals surface area contributed by atoms with Crippen molar-refractivity contribution in [3.05, 3.63) is 138 Å². The molecular weight excluding hydrogens is 538 g/mol. The largest absolute Gasteiger partial charge is 0.489 e. The number of nitrogens with zero attached hydrogens (tertiary/aromatic N) is 1. The first-order chi connectivity index (χ1) is 18.2. The number of ether oxygens (including phenoxy) is 2. The molecule has 5 rings (SSSR count). The first kappa shape index (κ1) is 27.8. The average Bonchev–Trinajstić information content (AvgIpc) is 2.93. The van der Waals surface area contributed by atoms with Gasteiger partial charge >= 0.3 is 0 Å². The van der Waals surface area contributed by atoms with E-state index in [9.17, 15) is 4.79 Å². The van der Waals surface area contributed by atoms with Crippen molar-refractivity contribution >= 4 is 22.8 Å². The third-order valence-electron chi connectivity index (χ3n) is 6.89. The zero-order valence-electron chi connectivity index (χ0n) is 21.4. The van der Waals surface area contributed by atoms with Crippen LogP contribution >= 0.6 is 17.0 Å². The summed E-state index contributed by atoms with van der Waals surface area (Å²) in [5, 5.41) is 0. The average molecular weight is 573 g/mol. The van der Waals surface area contributed by atoms with Gasteiger partial charge in [0.25, 0.3) is 0 Å². The minimum atomic E-state index is 0. The van der Waals surface area contributed by atoms with Gasteiger partial charge in [0.05, 0.1) is 19.3 Å². The molecule has 1 saturated carbocycles. The third kappa shape index (κ3) is 7.87. The van der Waals surface area contributed by atoms with Gasteiger partial charge in [-0.2, -0.15) is 0 Å². The topological polar surface area (TPSA) is 38.8 Å². The molecule has 0 aromatic heterocycles. The number of carbonyl (C=O) groups is 1. The summed E-state index contributed by atoms with van der Waals surface area (Å²) >= 11 is 0. The fraction of sp³-hybridized carbons (Fsp3) is 0.242. The molecule has 0 bridgehead atoms. The summed E-state index contributed by atoms with van der Waals surface area (Å²) < 4.78 is 12.2. The van der Waals surface area contributed by atoms with Crippen LogP contribution < -0.4 is 4.74 Å². The van der Waals surface area contributed by atoms with Gasteiger partial charge in [-0.05, 0) is 41.7 Å². The fourth-order valence-corrected chi connectivity index (χ4v) is 4.68. The third-order valence-corrected chi connectivity index (χ3v) is 6.89. The van der Waals surface area contributed by atoms with E-state index in [-0.39, 0.29) is 28.9 Å². The van der Waals surface area contributed by atoms with Crippen molar-refractivity contribution in [2.75, 3.05) is 6.54 Å². The van der Waals surface area contributed by atoms with Gasteiger partial charge in [0.15, 0.2) is 5.78 Å². The molecule has 0 unspecified atom stereocenters. The van der Waals surface area contributed by atoms with E-state index in [2.05, 4.69) is 41.3 Å². The van der Waals surface area contributed by atoms with E-state index < -0.39 is 0 Å². The molecule has 0 radical (unpaired) electrons. The summed E-state index contributed by atoms with van der Waals surface area (Å²) in [6.45, 7) is 2.23. The van der Waals surface area contributed by atoms with Gasteiger partial charge in [-0.15, -0.1) is 17.0 Å². The lowest BCUT2D eigenvalue weighted by Gasteiger charge is -2.42. The van der Waals surface area contributed by atoms with Crippen LogP contribution in [0, 0.1) is 0 Å². The van der Waals surface area contributed by atoms with Gasteiger partial charge < -0.3 is 9.47 Å². The molecule has 0 aliphatic heterocycles. The quantitative estimate of drug-likeness (QED) is 0.167. The Balaban J connectivity index is 0.00000336. The Bertz CT molecular complexity index is 1260. The van der Waals surface area contributed by atoms with Crippen molar-refractivity contribution in [3.8, 4) is 5.75 Å². The van der Waals surface area contributed by atoms with E-state index in [1.807, 2.05) is 78.9 Å². The Morgan fingerprint density at radius 2 is 1.29 bits per heavy atom. The molecule has 1 fully saturated rings. The second-order valence-corrected chi connectivity index (χ2v) is 9.66. The highest BCUT2D eigenvalue weighted by Crippen LogP contribution is 2.31.